The molecule has 0 heterocycles. The van der Waals surface area contributed by atoms with Crippen molar-refractivity contribution in [2.24, 2.45) is 0 Å². The molecule has 0 aromatic heterocycles. The van der Waals surface area contributed by atoms with E-state index in [1.54, 1.807) is 12.1 Å². The number of ether oxygens (including phenoxy) is 2. The van der Waals surface area contributed by atoms with Crippen LogP contribution in [0.1, 0.15) is 93.9 Å². The van der Waals surface area contributed by atoms with Crippen LogP contribution >= 0.6 is 0 Å². The van der Waals surface area contributed by atoms with Crippen LogP contribution in [0.3, 0.4) is 0 Å². The van der Waals surface area contributed by atoms with E-state index in [4.69, 9.17) is 9.47 Å². The lowest BCUT2D eigenvalue weighted by Crippen LogP contribution is -2.42. The fraction of sp³-hybridized carbons (Fsp3) is 0.531. The van der Waals surface area contributed by atoms with Gasteiger partial charge in [0, 0.05) is 26.1 Å². The first-order valence-electron chi connectivity index (χ1n) is 14.4. The lowest BCUT2D eigenvalue weighted by molar-refractivity contribution is -0.185. The Morgan fingerprint density at radius 2 is 1.29 bits per heavy atom. The molecule has 0 aliphatic heterocycles. The van der Waals surface area contributed by atoms with E-state index >= 15 is 0 Å². The minimum atomic E-state index is -5.00. The van der Waals surface area contributed by atoms with Crippen molar-refractivity contribution in [3.05, 3.63) is 58.7 Å². The minimum absolute atomic E-state index is 0.0189. The van der Waals surface area contributed by atoms with Gasteiger partial charge in [0.2, 0.25) is 0 Å². The number of carbonyl (C=O) groups is 3. The van der Waals surface area contributed by atoms with Gasteiger partial charge < -0.3 is 19.7 Å². The summed E-state index contributed by atoms with van der Waals surface area (Å²) in [5, 5.41) is 2.61. The zero-order valence-electron chi connectivity index (χ0n) is 25.4. The van der Waals surface area contributed by atoms with Gasteiger partial charge in [0.1, 0.15) is 11.5 Å². The van der Waals surface area contributed by atoms with Crippen molar-refractivity contribution in [1.29, 1.82) is 0 Å². The lowest BCUT2D eigenvalue weighted by Gasteiger charge is -2.23. The van der Waals surface area contributed by atoms with Crippen LogP contribution in [0.15, 0.2) is 36.4 Å². The first-order chi connectivity index (χ1) is 19.7. The van der Waals surface area contributed by atoms with Crippen molar-refractivity contribution in [3.8, 4) is 11.5 Å². The van der Waals surface area contributed by atoms with E-state index < -0.39 is 24.1 Å². The summed E-state index contributed by atoms with van der Waals surface area (Å²) in [5.41, 5.74) is 3.68. The molecule has 232 valence electrons. The third-order valence-corrected chi connectivity index (χ3v) is 6.72. The maximum atomic E-state index is 13.2. The number of unbranched alkanes of at least 4 members (excludes halogenated alkanes) is 2. The first kappa shape index (κ1) is 34.6. The predicted octanol–water partition coefficient (Wildman–Crippen LogP) is 7.59. The molecule has 10 heteroatoms. The van der Waals surface area contributed by atoms with Crippen LogP contribution in [0.4, 0.5) is 18.0 Å². The molecule has 0 spiro atoms. The molecule has 0 saturated heterocycles. The maximum absolute atomic E-state index is 13.2. The number of rotatable bonds is 14. The van der Waals surface area contributed by atoms with Gasteiger partial charge in [-0.2, -0.15) is 13.2 Å². The Hall–Kier alpha value is -3.56. The summed E-state index contributed by atoms with van der Waals surface area (Å²) in [6.07, 6.45) is -4.55. The van der Waals surface area contributed by atoms with E-state index in [1.165, 1.54) is 0 Å². The van der Waals surface area contributed by atoms with Gasteiger partial charge in [-0.15, -0.1) is 0 Å². The molecular weight excluding hydrogens is 549 g/mol. The molecule has 2 amide bonds. The molecule has 2 rings (SSSR count). The largest absolute Gasteiger partial charge is 0.471 e. The number of nitrogens with one attached hydrogen (secondary N) is 1. The van der Waals surface area contributed by atoms with Crippen LogP contribution in [0.2, 0.25) is 0 Å². The van der Waals surface area contributed by atoms with Gasteiger partial charge >= 0.3 is 24.1 Å². The fourth-order valence-electron chi connectivity index (χ4n) is 4.41. The number of aryl methyl sites for hydroxylation is 2. The fourth-order valence-corrected chi connectivity index (χ4v) is 4.41. The van der Waals surface area contributed by atoms with Crippen LogP contribution in [0.25, 0.3) is 0 Å². The molecule has 0 radical (unpaired) electrons. The average molecular weight is 593 g/mol. The van der Waals surface area contributed by atoms with E-state index in [0.717, 1.165) is 27.2 Å². The molecule has 7 nitrogen and oxygen atoms in total. The normalized spacial score (nSPS) is 11.5. The van der Waals surface area contributed by atoms with Gasteiger partial charge in [0.15, 0.2) is 0 Å². The zero-order chi connectivity index (χ0) is 31.4. The quantitative estimate of drug-likeness (QED) is 0.139. The first-order valence-corrected chi connectivity index (χ1v) is 14.4. The number of alkyl halides is 3. The van der Waals surface area contributed by atoms with Crippen LogP contribution in [0.5, 0.6) is 11.5 Å². The Balaban J connectivity index is 1.81. The summed E-state index contributed by atoms with van der Waals surface area (Å²) >= 11 is 0. The topological polar surface area (TPSA) is 84.9 Å². The average Bonchev–Trinajstić information content (AvgIpc) is 2.88. The molecule has 0 bridgehead atoms. The van der Waals surface area contributed by atoms with E-state index in [0.29, 0.717) is 17.9 Å². The van der Waals surface area contributed by atoms with Gasteiger partial charge in [-0.1, -0.05) is 52.0 Å². The molecule has 0 aliphatic rings. The highest BCUT2D eigenvalue weighted by Gasteiger charge is 2.42. The van der Waals surface area contributed by atoms with Gasteiger partial charge in [-0.05, 0) is 85.8 Å². The van der Waals surface area contributed by atoms with Crippen molar-refractivity contribution >= 4 is 18.0 Å². The van der Waals surface area contributed by atoms with Crippen molar-refractivity contribution in [2.45, 2.75) is 91.7 Å². The molecule has 42 heavy (non-hydrogen) atoms. The Bertz CT molecular complexity index is 1210. The molecule has 0 aliphatic carbocycles. The molecule has 2 aromatic rings. The van der Waals surface area contributed by atoms with Crippen molar-refractivity contribution < 1.29 is 37.0 Å². The van der Waals surface area contributed by atoms with Crippen LogP contribution in [-0.2, 0) is 9.59 Å². The summed E-state index contributed by atoms with van der Waals surface area (Å²) in [5.74, 6) is -1.13. The summed E-state index contributed by atoms with van der Waals surface area (Å²) in [7, 11) is 0. The smallest absolute Gasteiger partial charge is 0.426 e. The van der Waals surface area contributed by atoms with E-state index in [-0.39, 0.29) is 57.2 Å². The Labute approximate surface area is 246 Å². The number of carbonyl (C=O) groups excluding carboxylic acids is 3. The monoisotopic (exact) mass is 592 g/mol. The Morgan fingerprint density at radius 1 is 0.786 bits per heavy atom. The standard InChI is InChI=1S/C32H43F3N2O5/c1-21(2)25-14-12-23(5)19-27(25)41-29(38)11-7-9-17-37(30(39)32(33,34)35)18-10-8-16-36-31(40)42-28-20-24(6)13-15-26(28)22(3)4/h12-15,19-22H,7-11,16-18H2,1-6H3,(H,36,40). The summed E-state index contributed by atoms with van der Waals surface area (Å²) in [6.45, 7) is 11.6. The molecular formula is C32H43F3N2O5. The highest BCUT2D eigenvalue weighted by molar-refractivity contribution is 5.81. The lowest BCUT2D eigenvalue weighted by atomic mass is 10.0. The Kier molecular flexibility index (Phi) is 13.3. The van der Waals surface area contributed by atoms with E-state index in [1.807, 2.05) is 65.8 Å². The molecule has 0 unspecified atom stereocenters. The number of esters is 1. The van der Waals surface area contributed by atoms with Crippen molar-refractivity contribution in [1.82, 2.24) is 10.2 Å². The second-order valence-corrected chi connectivity index (χ2v) is 11.1. The predicted molar refractivity (Wildman–Crippen MR) is 156 cm³/mol. The van der Waals surface area contributed by atoms with Crippen LogP contribution < -0.4 is 14.8 Å². The number of nitrogens with zero attached hydrogens (tertiary/aromatic N) is 1. The highest BCUT2D eigenvalue weighted by Crippen LogP contribution is 2.29. The number of amides is 2. The highest BCUT2D eigenvalue weighted by atomic mass is 19.4. The van der Waals surface area contributed by atoms with Gasteiger partial charge in [0.05, 0.1) is 0 Å². The zero-order valence-corrected chi connectivity index (χ0v) is 25.4. The van der Waals surface area contributed by atoms with Gasteiger partial charge in [-0.3, -0.25) is 9.59 Å². The van der Waals surface area contributed by atoms with Gasteiger partial charge in [-0.25, -0.2) is 4.79 Å². The van der Waals surface area contributed by atoms with Crippen LogP contribution in [0, 0.1) is 13.8 Å². The molecule has 1 N–H and O–H groups in total. The number of hydrogen-bond acceptors (Lipinski definition) is 5. The van der Waals surface area contributed by atoms with Crippen molar-refractivity contribution in [3.63, 3.8) is 0 Å². The van der Waals surface area contributed by atoms with E-state index in [9.17, 15) is 27.6 Å². The number of hydrogen-bond donors (Lipinski definition) is 1. The maximum Gasteiger partial charge on any atom is 0.471 e. The summed E-state index contributed by atoms with van der Waals surface area (Å²) < 4.78 is 50.5. The SMILES string of the molecule is Cc1ccc(C(C)C)c(OC(=O)CCCCN(CCCCNC(=O)Oc2cc(C)ccc2C(C)C)C(=O)C(F)(F)F)c1. The third kappa shape index (κ3) is 11.4. The molecule has 2 aromatic carbocycles. The van der Waals surface area contributed by atoms with Crippen LogP contribution in [-0.4, -0.2) is 48.7 Å². The number of halogens is 3. The van der Waals surface area contributed by atoms with E-state index in [2.05, 4.69) is 5.32 Å². The summed E-state index contributed by atoms with van der Waals surface area (Å²) in [4.78, 5) is 37.4. The summed E-state index contributed by atoms with van der Waals surface area (Å²) in [6, 6.07) is 11.3. The molecule has 0 fully saturated rings. The minimum Gasteiger partial charge on any atom is -0.426 e. The second kappa shape index (κ2) is 16.2. The second-order valence-electron chi connectivity index (χ2n) is 11.1. The third-order valence-electron chi connectivity index (χ3n) is 6.72. The molecule has 0 atom stereocenters. The Morgan fingerprint density at radius 3 is 1.79 bits per heavy atom. The van der Waals surface area contributed by atoms with Crippen molar-refractivity contribution in [2.75, 3.05) is 19.6 Å². The number of benzene rings is 2. The molecule has 0 saturated carbocycles. The van der Waals surface area contributed by atoms with Gasteiger partial charge in [0.25, 0.3) is 0 Å².